The van der Waals surface area contributed by atoms with Gasteiger partial charge in [0.25, 0.3) is 0 Å². The van der Waals surface area contributed by atoms with Crippen LogP contribution in [0.3, 0.4) is 0 Å². The standard InChI is InChI=1S/C24H20O8S/c1-28-19-12-9-15(23(29-2)24(19)30-3)13-21-22(25)18-11-10-16(14-20(18)31-21)32-33(26,27)17-7-5-4-6-8-17/h4-14H,1-3H3. The number of hydrogen-bond donors (Lipinski definition) is 0. The van der Waals surface area contributed by atoms with Gasteiger partial charge in [0.05, 0.1) is 26.9 Å². The molecule has 0 radical (unpaired) electrons. The van der Waals surface area contributed by atoms with Crippen molar-refractivity contribution in [2.45, 2.75) is 4.90 Å². The summed E-state index contributed by atoms with van der Waals surface area (Å²) in [4.78, 5) is 12.9. The fourth-order valence-corrected chi connectivity index (χ4v) is 4.30. The third-order valence-corrected chi connectivity index (χ3v) is 6.16. The van der Waals surface area contributed by atoms with E-state index in [-0.39, 0.29) is 33.5 Å². The number of ether oxygens (including phenoxy) is 4. The molecule has 33 heavy (non-hydrogen) atoms. The Kier molecular flexibility index (Phi) is 5.97. The van der Waals surface area contributed by atoms with Crippen molar-refractivity contribution in [3.63, 3.8) is 0 Å². The molecule has 0 aromatic heterocycles. The van der Waals surface area contributed by atoms with E-state index in [1.165, 1.54) is 57.7 Å². The second-order valence-electron chi connectivity index (χ2n) is 6.87. The maximum Gasteiger partial charge on any atom is 0.339 e. The molecule has 1 aliphatic rings. The first-order chi connectivity index (χ1) is 15.9. The van der Waals surface area contributed by atoms with Gasteiger partial charge in [0.1, 0.15) is 16.4 Å². The molecule has 0 aliphatic carbocycles. The van der Waals surface area contributed by atoms with Crippen LogP contribution in [0, 0.1) is 0 Å². The number of ketones is 1. The van der Waals surface area contributed by atoms with Crippen LogP contribution in [-0.4, -0.2) is 35.5 Å². The van der Waals surface area contributed by atoms with Gasteiger partial charge >= 0.3 is 10.1 Å². The number of carbonyl (C=O) groups is 1. The van der Waals surface area contributed by atoms with Gasteiger partial charge in [-0.2, -0.15) is 8.42 Å². The summed E-state index contributed by atoms with van der Waals surface area (Å²) in [6.07, 6.45) is 1.52. The average molecular weight is 468 g/mol. The molecule has 1 heterocycles. The van der Waals surface area contributed by atoms with E-state index >= 15 is 0 Å². The minimum Gasteiger partial charge on any atom is -0.493 e. The fraction of sp³-hybridized carbons (Fsp3) is 0.125. The normalized spacial score (nSPS) is 13.9. The Morgan fingerprint density at radius 3 is 2.24 bits per heavy atom. The first-order valence-corrected chi connectivity index (χ1v) is 11.2. The summed E-state index contributed by atoms with van der Waals surface area (Å²) < 4.78 is 52.0. The molecule has 9 heteroatoms. The van der Waals surface area contributed by atoms with Crippen molar-refractivity contribution in [1.29, 1.82) is 0 Å². The second kappa shape index (κ2) is 8.87. The van der Waals surface area contributed by atoms with E-state index < -0.39 is 10.1 Å². The topological polar surface area (TPSA) is 97.4 Å². The molecule has 0 saturated carbocycles. The maximum absolute atomic E-state index is 12.8. The van der Waals surface area contributed by atoms with E-state index in [2.05, 4.69) is 0 Å². The third-order valence-electron chi connectivity index (χ3n) is 4.90. The minimum atomic E-state index is -4.03. The summed E-state index contributed by atoms with van der Waals surface area (Å²) >= 11 is 0. The summed E-state index contributed by atoms with van der Waals surface area (Å²) in [5.74, 6) is 1.10. The summed E-state index contributed by atoms with van der Waals surface area (Å²) in [6.45, 7) is 0. The van der Waals surface area contributed by atoms with Crippen LogP contribution >= 0.6 is 0 Å². The fourth-order valence-electron chi connectivity index (χ4n) is 3.36. The number of carbonyl (C=O) groups excluding carboxylic acids is 1. The van der Waals surface area contributed by atoms with E-state index in [0.29, 0.717) is 22.8 Å². The Morgan fingerprint density at radius 2 is 1.58 bits per heavy atom. The van der Waals surface area contributed by atoms with Crippen LogP contribution < -0.4 is 23.1 Å². The van der Waals surface area contributed by atoms with Crippen LogP contribution in [0.25, 0.3) is 6.08 Å². The maximum atomic E-state index is 12.8. The molecular weight excluding hydrogens is 448 g/mol. The van der Waals surface area contributed by atoms with Gasteiger partial charge in [0.2, 0.25) is 11.5 Å². The zero-order valence-corrected chi connectivity index (χ0v) is 18.8. The molecule has 4 rings (SSSR count). The van der Waals surface area contributed by atoms with E-state index in [0.717, 1.165) is 0 Å². The van der Waals surface area contributed by atoms with E-state index in [1.807, 2.05) is 0 Å². The number of allylic oxidation sites excluding steroid dienone is 1. The highest BCUT2D eigenvalue weighted by Crippen LogP contribution is 2.42. The van der Waals surface area contributed by atoms with Crippen molar-refractivity contribution >= 4 is 22.0 Å². The van der Waals surface area contributed by atoms with Crippen LogP contribution in [0.2, 0.25) is 0 Å². The van der Waals surface area contributed by atoms with Crippen LogP contribution in [-0.2, 0) is 10.1 Å². The van der Waals surface area contributed by atoms with E-state index in [9.17, 15) is 13.2 Å². The van der Waals surface area contributed by atoms with Gasteiger partial charge in [0, 0.05) is 11.6 Å². The second-order valence-corrected chi connectivity index (χ2v) is 8.42. The molecule has 170 valence electrons. The molecule has 0 amide bonds. The lowest BCUT2D eigenvalue weighted by molar-refractivity contribution is 0.101. The van der Waals surface area contributed by atoms with Gasteiger partial charge in [-0.1, -0.05) is 18.2 Å². The summed E-state index contributed by atoms with van der Waals surface area (Å²) in [5, 5.41) is 0. The molecule has 3 aromatic carbocycles. The predicted octanol–water partition coefficient (Wildman–Crippen LogP) is 4.10. The summed E-state index contributed by atoms with van der Waals surface area (Å²) in [6, 6.07) is 15.4. The number of hydrogen-bond acceptors (Lipinski definition) is 8. The van der Waals surface area contributed by atoms with Crippen molar-refractivity contribution in [2.75, 3.05) is 21.3 Å². The van der Waals surface area contributed by atoms with Crippen LogP contribution in [0.15, 0.2) is 71.3 Å². The predicted molar refractivity (Wildman–Crippen MR) is 120 cm³/mol. The summed E-state index contributed by atoms with van der Waals surface area (Å²) in [7, 11) is 0.436. The molecule has 0 saturated heterocycles. The first kappa shape index (κ1) is 22.2. The van der Waals surface area contributed by atoms with Gasteiger partial charge < -0.3 is 23.1 Å². The van der Waals surface area contributed by atoms with Crippen LogP contribution in [0.1, 0.15) is 15.9 Å². The number of fused-ring (bicyclic) bond motifs is 1. The zero-order chi connectivity index (χ0) is 23.6. The SMILES string of the molecule is COc1ccc(C=C2Oc3cc(OS(=O)(=O)c4ccccc4)ccc3C2=O)c(OC)c1OC. The van der Waals surface area contributed by atoms with Crippen molar-refractivity contribution in [1.82, 2.24) is 0 Å². The van der Waals surface area contributed by atoms with Gasteiger partial charge in [-0.15, -0.1) is 0 Å². The van der Waals surface area contributed by atoms with Crippen molar-refractivity contribution in [2.24, 2.45) is 0 Å². The van der Waals surface area contributed by atoms with Crippen molar-refractivity contribution < 1.29 is 36.3 Å². The molecule has 0 atom stereocenters. The molecule has 0 unspecified atom stereocenters. The Morgan fingerprint density at radius 1 is 0.848 bits per heavy atom. The van der Waals surface area contributed by atoms with E-state index in [4.69, 9.17) is 23.1 Å². The highest BCUT2D eigenvalue weighted by molar-refractivity contribution is 7.87. The van der Waals surface area contributed by atoms with Gasteiger partial charge in [-0.3, -0.25) is 4.79 Å². The number of rotatable bonds is 7. The number of benzene rings is 3. The van der Waals surface area contributed by atoms with Crippen molar-refractivity contribution in [3.05, 3.63) is 77.5 Å². The lowest BCUT2D eigenvalue weighted by Crippen LogP contribution is -2.09. The average Bonchev–Trinajstić information content (AvgIpc) is 3.13. The van der Waals surface area contributed by atoms with E-state index in [1.54, 1.807) is 30.3 Å². The Hall–Kier alpha value is -3.98. The minimum absolute atomic E-state index is 0.0172. The van der Waals surface area contributed by atoms with Gasteiger partial charge in [-0.25, -0.2) is 0 Å². The largest absolute Gasteiger partial charge is 0.493 e. The van der Waals surface area contributed by atoms with Gasteiger partial charge in [-0.05, 0) is 42.5 Å². The molecule has 3 aromatic rings. The molecule has 0 N–H and O–H groups in total. The van der Waals surface area contributed by atoms with Gasteiger partial charge in [0.15, 0.2) is 17.3 Å². The third kappa shape index (κ3) is 4.22. The number of methoxy groups -OCH3 is 3. The zero-order valence-electron chi connectivity index (χ0n) is 18.0. The number of Topliss-reactive ketones (excluding diaryl/α,β-unsaturated/α-hetero) is 1. The lowest BCUT2D eigenvalue weighted by Gasteiger charge is -2.14. The molecule has 1 aliphatic heterocycles. The molecule has 0 bridgehead atoms. The molecular formula is C24H20O8S. The Labute approximate surface area is 191 Å². The monoisotopic (exact) mass is 468 g/mol. The Balaban J connectivity index is 1.64. The highest BCUT2D eigenvalue weighted by atomic mass is 32.2. The Bertz CT molecular complexity index is 1340. The van der Waals surface area contributed by atoms with Crippen LogP contribution in [0.4, 0.5) is 0 Å². The molecule has 8 nitrogen and oxygen atoms in total. The smallest absolute Gasteiger partial charge is 0.339 e. The van der Waals surface area contributed by atoms with Crippen molar-refractivity contribution in [3.8, 4) is 28.7 Å². The molecule has 0 spiro atoms. The van der Waals surface area contributed by atoms with Crippen LogP contribution in [0.5, 0.6) is 28.7 Å². The molecule has 0 fully saturated rings. The lowest BCUT2D eigenvalue weighted by atomic mass is 10.1. The summed E-state index contributed by atoms with van der Waals surface area (Å²) in [5.41, 5.74) is 0.819. The highest BCUT2D eigenvalue weighted by Gasteiger charge is 2.29. The first-order valence-electron chi connectivity index (χ1n) is 9.74. The quantitative estimate of drug-likeness (QED) is 0.378.